The maximum Gasteiger partial charge on any atom is 0.333 e. The van der Waals surface area contributed by atoms with Gasteiger partial charge < -0.3 is 19.7 Å². The van der Waals surface area contributed by atoms with Crippen LogP contribution in [0.25, 0.3) is 0 Å². The van der Waals surface area contributed by atoms with Crippen LogP contribution in [0.15, 0.2) is 22.3 Å². The zero-order valence-electron chi connectivity index (χ0n) is 21.0. The van der Waals surface area contributed by atoms with E-state index in [-0.39, 0.29) is 41.7 Å². The number of epoxide rings is 1. The molecule has 10 atom stereocenters. The molecule has 6 rings (SSSR count). The first kappa shape index (κ1) is 22.9. The second-order valence-corrected chi connectivity index (χ2v) is 12.4. The molecule has 0 aromatic rings. The molecule has 1 spiro atoms. The molecule has 1 saturated heterocycles. The van der Waals surface area contributed by atoms with Gasteiger partial charge in [0.2, 0.25) is 0 Å². The van der Waals surface area contributed by atoms with Gasteiger partial charge in [-0.15, -0.1) is 0 Å². The molecular formula is C28H38O6. The minimum atomic E-state index is -0.701. The molecule has 6 nitrogen and oxygen atoms in total. The molecule has 2 saturated carbocycles. The topological polar surface area (TPSA) is 96.4 Å². The van der Waals surface area contributed by atoms with E-state index in [2.05, 4.69) is 13.8 Å². The molecule has 6 heteroatoms. The lowest BCUT2D eigenvalue weighted by Gasteiger charge is -2.54. The highest BCUT2D eigenvalue weighted by Crippen LogP contribution is 2.71. The van der Waals surface area contributed by atoms with E-state index in [1.54, 1.807) is 0 Å². The van der Waals surface area contributed by atoms with E-state index in [1.165, 1.54) is 11.1 Å². The second-order valence-electron chi connectivity index (χ2n) is 12.4. The molecule has 0 bridgehead atoms. The van der Waals surface area contributed by atoms with E-state index in [0.717, 1.165) is 24.8 Å². The van der Waals surface area contributed by atoms with Crippen molar-refractivity contribution in [3.05, 3.63) is 22.3 Å². The van der Waals surface area contributed by atoms with Gasteiger partial charge >= 0.3 is 5.97 Å². The van der Waals surface area contributed by atoms with Crippen molar-refractivity contribution in [3.63, 3.8) is 0 Å². The van der Waals surface area contributed by atoms with Crippen LogP contribution in [0, 0.1) is 28.6 Å². The summed E-state index contributed by atoms with van der Waals surface area (Å²) in [6.45, 7) is 10.1. The predicted octanol–water partition coefficient (Wildman–Crippen LogP) is 3.64. The van der Waals surface area contributed by atoms with Gasteiger partial charge in [-0.25, -0.2) is 4.79 Å². The van der Waals surface area contributed by atoms with Gasteiger partial charge in [0.05, 0.1) is 23.7 Å². The Morgan fingerprint density at radius 2 is 1.76 bits per heavy atom. The number of cyclic esters (lactones) is 1. The lowest BCUT2D eigenvalue weighted by Crippen LogP contribution is -2.63. The van der Waals surface area contributed by atoms with Gasteiger partial charge in [0.25, 0.3) is 0 Å². The van der Waals surface area contributed by atoms with Crippen LogP contribution in [-0.2, 0) is 19.1 Å². The number of carbonyl (C=O) groups excluding carboxylic acids is 2. The summed E-state index contributed by atoms with van der Waals surface area (Å²) in [5, 5.41) is 22.4. The van der Waals surface area contributed by atoms with Crippen molar-refractivity contribution in [1.29, 1.82) is 0 Å². The van der Waals surface area contributed by atoms with Crippen LogP contribution in [-0.4, -0.2) is 52.0 Å². The maximum absolute atomic E-state index is 13.4. The van der Waals surface area contributed by atoms with E-state index in [1.807, 2.05) is 20.8 Å². The quantitative estimate of drug-likeness (QED) is 0.363. The van der Waals surface area contributed by atoms with Gasteiger partial charge in [-0.3, -0.25) is 4.79 Å². The Morgan fingerprint density at radius 3 is 2.47 bits per heavy atom. The number of hydrogen-bond acceptors (Lipinski definition) is 6. The third kappa shape index (κ3) is 2.53. The largest absolute Gasteiger partial charge is 0.458 e. The number of hydrogen-bond donors (Lipinski definition) is 2. The average Bonchev–Trinajstić information content (AvgIpc) is 3.48. The number of aliphatic hydroxyl groups is 2. The Hall–Kier alpha value is -1.50. The zero-order chi connectivity index (χ0) is 24.4. The summed E-state index contributed by atoms with van der Waals surface area (Å²) in [5.74, 6) is 0.307. The van der Waals surface area contributed by atoms with Crippen molar-refractivity contribution in [2.45, 2.75) is 110 Å². The molecule has 2 heterocycles. The number of ketones is 1. The summed E-state index contributed by atoms with van der Waals surface area (Å²) in [6, 6.07) is 0. The van der Waals surface area contributed by atoms with Crippen LogP contribution in [0.5, 0.6) is 0 Å². The van der Waals surface area contributed by atoms with Gasteiger partial charge in [-0.1, -0.05) is 30.6 Å². The molecule has 0 aromatic carbocycles. The molecule has 0 radical (unpaired) electrons. The van der Waals surface area contributed by atoms with Crippen molar-refractivity contribution in [3.8, 4) is 0 Å². The van der Waals surface area contributed by atoms with Gasteiger partial charge in [0, 0.05) is 29.7 Å². The Bertz CT molecular complexity index is 1040. The Morgan fingerprint density at radius 1 is 1.03 bits per heavy atom. The molecule has 6 aliphatic rings. The van der Waals surface area contributed by atoms with Crippen LogP contribution in [0.3, 0.4) is 0 Å². The van der Waals surface area contributed by atoms with Gasteiger partial charge in [-0.2, -0.15) is 0 Å². The minimum absolute atomic E-state index is 0.0212. The molecule has 0 unspecified atom stereocenters. The first-order valence-corrected chi connectivity index (χ1v) is 13.1. The van der Waals surface area contributed by atoms with E-state index in [0.29, 0.717) is 31.3 Å². The highest BCUT2D eigenvalue weighted by Gasteiger charge is 2.80. The average molecular weight is 471 g/mol. The Kier molecular flexibility index (Phi) is 4.75. The number of carbonyl (C=O) groups is 2. The van der Waals surface area contributed by atoms with Crippen LogP contribution in [0.2, 0.25) is 0 Å². The summed E-state index contributed by atoms with van der Waals surface area (Å²) < 4.78 is 12.1. The van der Waals surface area contributed by atoms with E-state index in [9.17, 15) is 19.8 Å². The fourth-order valence-electron chi connectivity index (χ4n) is 8.98. The summed E-state index contributed by atoms with van der Waals surface area (Å²) in [4.78, 5) is 25.8. The SMILES string of the molecule is CC1=C(C)C(=O)O[C@@H]([C@@H](C)[C@@]2(C)C3=C(C[C@H]2O)[C@@H]2C[C@H]4O[C@]45[C@@H](O)CCC(=O)[C@]5(C)[C@H]2CC3)C1. The monoisotopic (exact) mass is 470 g/mol. The molecule has 0 amide bonds. The van der Waals surface area contributed by atoms with E-state index in [4.69, 9.17) is 9.47 Å². The highest BCUT2D eigenvalue weighted by molar-refractivity contribution is 5.90. The molecule has 186 valence electrons. The number of fused-ring (bicyclic) bond motifs is 3. The molecule has 34 heavy (non-hydrogen) atoms. The summed E-state index contributed by atoms with van der Waals surface area (Å²) >= 11 is 0. The number of Topliss-reactive ketones (excluding diaryl/α,β-unsaturated/α-hetero) is 1. The number of esters is 1. The lowest BCUT2D eigenvalue weighted by molar-refractivity contribution is -0.154. The van der Waals surface area contributed by atoms with Crippen LogP contribution < -0.4 is 0 Å². The van der Waals surface area contributed by atoms with E-state index >= 15 is 0 Å². The molecule has 3 fully saturated rings. The number of rotatable bonds is 2. The van der Waals surface area contributed by atoms with Gasteiger partial charge in [0.15, 0.2) is 0 Å². The molecule has 2 aliphatic heterocycles. The highest BCUT2D eigenvalue weighted by atomic mass is 16.6. The summed E-state index contributed by atoms with van der Waals surface area (Å²) in [6.07, 6.45) is 3.31. The molecular weight excluding hydrogens is 432 g/mol. The van der Waals surface area contributed by atoms with Gasteiger partial charge in [0.1, 0.15) is 17.5 Å². The Labute approximate surface area is 201 Å². The normalized spacial score (nSPS) is 50.8. The smallest absolute Gasteiger partial charge is 0.333 e. The lowest BCUT2D eigenvalue weighted by atomic mass is 9.47. The van der Waals surface area contributed by atoms with E-state index < -0.39 is 28.6 Å². The number of aliphatic hydroxyl groups excluding tert-OH is 2. The van der Waals surface area contributed by atoms with Crippen LogP contribution in [0.1, 0.15) is 79.6 Å². The van der Waals surface area contributed by atoms with Crippen LogP contribution in [0.4, 0.5) is 0 Å². The van der Waals surface area contributed by atoms with Crippen molar-refractivity contribution in [2.75, 3.05) is 0 Å². The Balaban J connectivity index is 1.36. The van der Waals surface area contributed by atoms with Gasteiger partial charge in [-0.05, 0) is 64.7 Å². The first-order valence-electron chi connectivity index (χ1n) is 13.1. The standard InChI is InChI=1S/C28H38O6/c1-13-10-20(33-25(32)14(13)2)15(3)26(4)18-6-7-19-17(16(18)11-23(26)31)12-24-28(34-24)22(30)9-8-21(29)27(19,28)5/h15,17,19-20,22-24,30-31H,6-12H2,1-5H3/t15-,17+,19+,20-,22+,23-,24-,26+,27+,28-/m1/s1. The van der Waals surface area contributed by atoms with Crippen molar-refractivity contribution in [1.82, 2.24) is 0 Å². The summed E-state index contributed by atoms with van der Waals surface area (Å²) in [7, 11) is 0. The third-order valence-electron chi connectivity index (χ3n) is 11.5. The van der Waals surface area contributed by atoms with Crippen LogP contribution >= 0.6 is 0 Å². The molecule has 0 aromatic heterocycles. The predicted molar refractivity (Wildman–Crippen MR) is 125 cm³/mol. The first-order chi connectivity index (χ1) is 16.0. The van der Waals surface area contributed by atoms with Crippen molar-refractivity contribution in [2.24, 2.45) is 28.6 Å². The molecule has 2 N–H and O–H groups in total. The second kappa shape index (κ2) is 7.04. The fraction of sp³-hybridized carbons (Fsp3) is 0.786. The number of ether oxygens (including phenoxy) is 2. The summed E-state index contributed by atoms with van der Waals surface area (Å²) in [5.41, 5.74) is 2.56. The maximum atomic E-state index is 13.4. The fourth-order valence-corrected chi connectivity index (χ4v) is 8.98. The third-order valence-corrected chi connectivity index (χ3v) is 11.5. The molecule has 4 aliphatic carbocycles. The van der Waals surface area contributed by atoms with Crippen molar-refractivity contribution >= 4 is 11.8 Å². The van der Waals surface area contributed by atoms with Crippen molar-refractivity contribution < 1.29 is 29.3 Å². The zero-order valence-corrected chi connectivity index (χ0v) is 21.0. The minimum Gasteiger partial charge on any atom is -0.458 e.